The number of Topliss-reactive ketones (excluding diaryl/α,β-unsaturated/α-hetero) is 1. The van der Waals surface area contributed by atoms with E-state index in [9.17, 15) is 9.59 Å². The lowest BCUT2D eigenvalue weighted by molar-refractivity contribution is -0.114. The van der Waals surface area contributed by atoms with Crippen molar-refractivity contribution in [2.24, 2.45) is 0 Å². The van der Waals surface area contributed by atoms with Gasteiger partial charge in [-0.25, -0.2) is 0 Å². The van der Waals surface area contributed by atoms with E-state index in [1.165, 1.54) is 0 Å². The van der Waals surface area contributed by atoms with E-state index in [2.05, 4.69) is 0 Å². The lowest BCUT2D eigenvalue weighted by Gasteiger charge is -2.17. The summed E-state index contributed by atoms with van der Waals surface area (Å²) in [4.78, 5) is 25.6. The quantitative estimate of drug-likeness (QED) is 0.603. The topological polar surface area (TPSA) is 46.6 Å². The summed E-state index contributed by atoms with van der Waals surface area (Å²) in [6.07, 6.45) is 0.735. The van der Waals surface area contributed by atoms with E-state index < -0.39 is 5.91 Å². The zero-order valence-electron chi connectivity index (χ0n) is 11.7. The third-order valence-corrected chi connectivity index (χ3v) is 3.29. The van der Waals surface area contributed by atoms with Gasteiger partial charge in [0, 0.05) is 19.8 Å². The number of fused-ring (bicyclic) bond motifs is 1. The fourth-order valence-corrected chi connectivity index (χ4v) is 2.48. The molecule has 0 bridgehead atoms. The number of amides is 1. The number of rotatable bonds is 5. The molecule has 0 saturated carbocycles. The van der Waals surface area contributed by atoms with Gasteiger partial charge in [0.05, 0.1) is 11.3 Å². The number of hydrogen-bond acceptors (Lipinski definition) is 3. The average molecular weight is 261 g/mol. The van der Waals surface area contributed by atoms with Crippen LogP contribution < -0.4 is 4.90 Å². The number of carbonyl (C=O) groups excluding carboxylic acids is 2. The zero-order chi connectivity index (χ0) is 14.0. The SMILES string of the molecule is CCOCCCN1C(=O)C(=O)c2c(C)cc(C)cc21. The predicted molar refractivity (Wildman–Crippen MR) is 73.7 cm³/mol. The molecular weight excluding hydrogens is 242 g/mol. The number of aryl methyl sites for hydroxylation is 2. The Balaban J connectivity index is 2.23. The molecule has 1 aromatic rings. The fourth-order valence-electron chi connectivity index (χ4n) is 2.48. The molecule has 102 valence electrons. The molecule has 0 saturated heterocycles. The van der Waals surface area contributed by atoms with Crippen LogP contribution in [0.4, 0.5) is 5.69 Å². The highest BCUT2D eigenvalue weighted by Crippen LogP contribution is 2.32. The molecule has 0 aromatic heterocycles. The van der Waals surface area contributed by atoms with Gasteiger partial charge in [-0.3, -0.25) is 9.59 Å². The molecule has 1 aromatic carbocycles. The second-order valence-corrected chi connectivity index (χ2v) is 4.81. The molecule has 1 heterocycles. The molecule has 1 aliphatic heterocycles. The van der Waals surface area contributed by atoms with Crippen LogP contribution in [0, 0.1) is 13.8 Å². The van der Waals surface area contributed by atoms with Gasteiger partial charge in [-0.1, -0.05) is 6.07 Å². The van der Waals surface area contributed by atoms with Crippen molar-refractivity contribution in [2.75, 3.05) is 24.7 Å². The van der Waals surface area contributed by atoms with Gasteiger partial charge < -0.3 is 9.64 Å². The van der Waals surface area contributed by atoms with Gasteiger partial charge in [-0.05, 0) is 44.4 Å². The lowest BCUT2D eigenvalue weighted by Crippen LogP contribution is -2.31. The molecule has 4 nitrogen and oxygen atoms in total. The monoisotopic (exact) mass is 261 g/mol. The summed E-state index contributed by atoms with van der Waals surface area (Å²) >= 11 is 0. The molecule has 0 aliphatic carbocycles. The Morgan fingerprint density at radius 3 is 2.63 bits per heavy atom. The van der Waals surface area contributed by atoms with Gasteiger partial charge in [0.2, 0.25) is 0 Å². The Hall–Kier alpha value is -1.68. The first-order valence-corrected chi connectivity index (χ1v) is 6.61. The highest BCUT2D eigenvalue weighted by atomic mass is 16.5. The van der Waals surface area contributed by atoms with Crippen molar-refractivity contribution in [1.29, 1.82) is 0 Å². The fraction of sp³-hybridized carbons (Fsp3) is 0.467. The molecule has 1 aliphatic rings. The maximum absolute atomic E-state index is 12.0. The van der Waals surface area contributed by atoms with Crippen LogP contribution in [0.25, 0.3) is 0 Å². The summed E-state index contributed by atoms with van der Waals surface area (Å²) in [7, 11) is 0. The smallest absolute Gasteiger partial charge is 0.299 e. The lowest BCUT2D eigenvalue weighted by atomic mass is 10.0. The van der Waals surface area contributed by atoms with Crippen LogP contribution in [0.5, 0.6) is 0 Å². The molecule has 4 heteroatoms. The summed E-state index contributed by atoms with van der Waals surface area (Å²) < 4.78 is 5.27. The number of nitrogens with zero attached hydrogens (tertiary/aromatic N) is 1. The second-order valence-electron chi connectivity index (χ2n) is 4.81. The van der Waals surface area contributed by atoms with Gasteiger partial charge in [-0.15, -0.1) is 0 Å². The van der Waals surface area contributed by atoms with Crippen LogP contribution in [0.3, 0.4) is 0 Å². The average Bonchev–Trinajstić information content (AvgIpc) is 2.59. The number of ketones is 1. The minimum atomic E-state index is -0.416. The van der Waals surface area contributed by atoms with Crippen LogP contribution in [-0.2, 0) is 9.53 Å². The third-order valence-electron chi connectivity index (χ3n) is 3.29. The third kappa shape index (κ3) is 2.54. The van der Waals surface area contributed by atoms with Crippen LogP contribution in [0.2, 0.25) is 0 Å². The van der Waals surface area contributed by atoms with Gasteiger partial charge in [0.25, 0.3) is 11.7 Å². The summed E-state index contributed by atoms with van der Waals surface area (Å²) in [5, 5.41) is 0. The summed E-state index contributed by atoms with van der Waals surface area (Å²) in [5.74, 6) is -0.802. The zero-order valence-corrected chi connectivity index (χ0v) is 11.7. The normalized spacial score (nSPS) is 14.2. The number of hydrogen-bond donors (Lipinski definition) is 0. The minimum absolute atomic E-state index is 0.385. The first-order valence-electron chi connectivity index (χ1n) is 6.61. The maximum atomic E-state index is 12.0. The minimum Gasteiger partial charge on any atom is -0.382 e. The molecule has 0 radical (unpaired) electrons. The maximum Gasteiger partial charge on any atom is 0.299 e. The van der Waals surface area contributed by atoms with Gasteiger partial charge in [0.15, 0.2) is 0 Å². The van der Waals surface area contributed by atoms with Crippen LogP contribution in [0.15, 0.2) is 12.1 Å². The Morgan fingerprint density at radius 1 is 1.21 bits per heavy atom. The number of benzene rings is 1. The predicted octanol–water partition coefficient (Wildman–Crippen LogP) is 2.26. The van der Waals surface area contributed by atoms with E-state index in [1.54, 1.807) is 4.90 Å². The van der Waals surface area contributed by atoms with Crippen LogP contribution in [-0.4, -0.2) is 31.4 Å². The van der Waals surface area contributed by atoms with E-state index in [1.807, 2.05) is 32.9 Å². The van der Waals surface area contributed by atoms with Crippen molar-refractivity contribution in [3.05, 3.63) is 28.8 Å². The summed E-state index contributed by atoms with van der Waals surface area (Å²) in [5.41, 5.74) is 3.25. The molecule has 0 N–H and O–H groups in total. The van der Waals surface area contributed by atoms with E-state index in [4.69, 9.17) is 4.74 Å². The van der Waals surface area contributed by atoms with E-state index in [-0.39, 0.29) is 5.78 Å². The Morgan fingerprint density at radius 2 is 1.95 bits per heavy atom. The summed E-state index contributed by atoms with van der Waals surface area (Å²) in [6, 6.07) is 3.85. The van der Waals surface area contributed by atoms with E-state index in [0.717, 1.165) is 23.2 Å². The molecule has 1 amide bonds. The summed E-state index contributed by atoms with van der Waals surface area (Å²) in [6.45, 7) is 7.59. The Bertz CT molecular complexity index is 522. The first kappa shape index (κ1) is 13.7. The first-order chi connectivity index (χ1) is 9.06. The molecule has 0 unspecified atom stereocenters. The van der Waals surface area contributed by atoms with Gasteiger partial charge in [-0.2, -0.15) is 0 Å². The molecule has 19 heavy (non-hydrogen) atoms. The van der Waals surface area contributed by atoms with Crippen molar-refractivity contribution in [1.82, 2.24) is 0 Å². The standard InChI is InChI=1S/C15H19NO3/c1-4-19-7-5-6-16-12-9-10(2)8-11(3)13(12)14(17)15(16)18/h8-9H,4-7H2,1-3H3. The molecule has 0 atom stereocenters. The van der Waals surface area contributed by atoms with Crippen molar-refractivity contribution in [3.63, 3.8) is 0 Å². The molecule has 0 fully saturated rings. The highest BCUT2D eigenvalue weighted by Gasteiger charge is 2.36. The van der Waals surface area contributed by atoms with E-state index >= 15 is 0 Å². The van der Waals surface area contributed by atoms with Gasteiger partial charge in [0.1, 0.15) is 0 Å². The van der Waals surface area contributed by atoms with Crippen molar-refractivity contribution >= 4 is 17.4 Å². The Kier molecular flexibility index (Phi) is 4.00. The highest BCUT2D eigenvalue weighted by molar-refractivity contribution is 6.52. The van der Waals surface area contributed by atoms with Crippen molar-refractivity contribution in [3.8, 4) is 0 Å². The second kappa shape index (κ2) is 5.53. The number of anilines is 1. The largest absolute Gasteiger partial charge is 0.382 e. The molecule has 2 rings (SSSR count). The van der Waals surface area contributed by atoms with Crippen molar-refractivity contribution in [2.45, 2.75) is 27.2 Å². The molecular formula is C15H19NO3. The van der Waals surface area contributed by atoms with Crippen LogP contribution >= 0.6 is 0 Å². The van der Waals surface area contributed by atoms with Crippen molar-refractivity contribution < 1.29 is 14.3 Å². The van der Waals surface area contributed by atoms with Crippen LogP contribution in [0.1, 0.15) is 34.8 Å². The Labute approximate surface area is 113 Å². The number of carbonyl (C=O) groups is 2. The number of ether oxygens (including phenoxy) is 1. The van der Waals surface area contributed by atoms with Gasteiger partial charge >= 0.3 is 0 Å². The molecule has 0 spiro atoms. The van der Waals surface area contributed by atoms with E-state index in [0.29, 0.717) is 25.3 Å².